The SMILES string of the molecule is C=C/C=C(/Oc1ccc2nc(N)sc2c1Cl)C(=C)Cl. The van der Waals surface area contributed by atoms with Gasteiger partial charge in [-0.05, 0) is 18.2 Å². The van der Waals surface area contributed by atoms with Crippen molar-refractivity contribution >= 4 is 49.9 Å². The van der Waals surface area contributed by atoms with Crippen LogP contribution in [0.1, 0.15) is 0 Å². The van der Waals surface area contributed by atoms with Gasteiger partial charge in [-0.2, -0.15) is 0 Å². The number of halogens is 2. The molecule has 19 heavy (non-hydrogen) atoms. The minimum atomic E-state index is 0.264. The highest BCUT2D eigenvalue weighted by Gasteiger charge is 2.13. The molecule has 1 heterocycles. The monoisotopic (exact) mass is 312 g/mol. The standard InChI is InChI=1S/C13H10Cl2N2OS/c1-3-4-9(7(2)14)18-10-6-5-8-12(11(10)15)19-13(16)17-8/h3-6H,1-2H2,(H2,16,17)/b9-4+. The molecule has 3 nitrogen and oxygen atoms in total. The molecule has 0 bridgehead atoms. The summed E-state index contributed by atoms with van der Waals surface area (Å²) in [6, 6.07) is 3.49. The molecule has 0 spiro atoms. The van der Waals surface area contributed by atoms with Crippen LogP contribution >= 0.6 is 34.5 Å². The number of nitrogens with zero attached hydrogens (tertiary/aromatic N) is 1. The second-order valence-corrected chi connectivity index (χ2v) is 5.42. The van der Waals surface area contributed by atoms with E-state index in [1.807, 2.05) is 0 Å². The maximum absolute atomic E-state index is 6.27. The van der Waals surface area contributed by atoms with Crippen LogP contribution in [0, 0.1) is 0 Å². The zero-order chi connectivity index (χ0) is 14.0. The molecule has 0 radical (unpaired) electrons. The van der Waals surface area contributed by atoms with Crippen LogP contribution in [-0.2, 0) is 0 Å². The van der Waals surface area contributed by atoms with Crippen molar-refractivity contribution in [3.05, 3.63) is 53.3 Å². The summed E-state index contributed by atoms with van der Waals surface area (Å²) in [4.78, 5) is 4.15. The quantitative estimate of drug-likeness (QED) is 0.655. The van der Waals surface area contributed by atoms with E-state index in [1.165, 1.54) is 11.3 Å². The van der Waals surface area contributed by atoms with Gasteiger partial charge in [0.05, 0.1) is 15.2 Å². The Hall–Kier alpha value is -1.49. The Morgan fingerprint density at radius 3 is 2.84 bits per heavy atom. The Bertz CT molecular complexity index is 691. The topological polar surface area (TPSA) is 48.1 Å². The highest BCUT2D eigenvalue weighted by molar-refractivity contribution is 7.22. The van der Waals surface area contributed by atoms with Gasteiger partial charge in [-0.25, -0.2) is 4.98 Å². The molecular formula is C13H10Cl2N2OS. The molecular weight excluding hydrogens is 303 g/mol. The Labute approximate surface area is 124 Å². The molecule has 2 rings (SSSR count). The Morgan fingerprint density at radius 2 is 2.21 bits per heavy atom. The number of ether oxygens (including phenoxy) is 1. The maximum atomic E-state index is 6.27. The molecule has 0 amide bonds. The number of hydrogen-bond acceptors (Lipinski definition) is 4. The highest BCUT2D eigenvalue weighted by atomic mass is 35.5. The van der Waals surface area contributed by atoms with E-state index in [0.29, 0.717) is 21.7 Å². The average molecular weight is 313 g/mol. The molecule has 0 aliphatic rings. The molecule has 0 fully saturated rings. The fraction of sp³-hybridized carbons (Fsp3) is 0. The average Bonchev–Trinajstić information content (AvgIpc) is 2.73. The fourth-order valence-electron chi connectivity index (χ4n) is 1.44. The summed E-state index contributed by atoms with van der Waals surface area (Å²) in [6.07, 6.45) is 3.16. The first-order valence-electron chi connectivity index (χ1n) is 5.22. The molecule has 2 N–H and O–H groups in total. The van der Waals surface area contributed by atoms with Crippen LogP contribution in [0.4, 0.5) is 5.13 Å². The lowest BCUT2D eigenvalue weighted by atomic mass is 10.3. The van der Waals surface area contributed by atoms with Gasteiger partial charge in [-0.3, -0.25) is 0 Å². The van der Waals surface area contributed by atoms with Crippen molar-refractivity contribution in [2.75, 3.05) is 5.73 Å². The van der Waals surface area contributed by atoms with Crippen molar-refractivity contribution in [1.29, 1.82) is 0 Å². The Kier molecular flexibility index (Phi) is 4.14. The largest absolute Gasteiger partial charge is 0.454 e. The smallest absolute Gasteiger partial charge is 0.181 e. The zero-order valence-electron chi connectivity index (χ0n) is 9.82. The number of nitrogen functional groups attached to an aromatic ring is 1. The van der Waals surface area contributed by atoms with E-state index in [0.717, 1.165) is 10.2 Å². The molecule has 1 aromatic heterocycles. The second kappa shape index (κ2) is 5.65. The van der Waals surface area contributed by atoms with Crippen molar-refractivity contribution in [1.82, 2.24) is 4.98 Å². The number of allylic oxidation sites excluding steroid dienone is 3. The van der Waals surface area contributed by atoms with Crippen LogP contribution in [0.25, 0.3) is 10.2 Å². The summed E-state index contributed by atoms with van der Waals surface area (Å²) in [7, 11) is 0. The summed E-state index contributed by atoms with van der Waals surface area (Å²) in [5.41, 5.74) is 6.39. The van der Waals surface area contributed by atoms with Crippen molar-refractivity contribution in [2.24, 2.45) is 0 Å². The minimum absolute atomic E-state index is 0.264. The number of aromatic nitrogens is 1. The predicted octanol–water partition coefficient (Wildman–Crippen LogP) is 4.73. The summed E-state index contributed by atoms with van der Waals surface area (Å²) in [5, 5.41) is 1.16. The van der Waals surface area contributed by atoms with Crippen molar-refractivity contribution in [2.45, 2.75) is 0 Å². The van der Waals surface area contributed by atoms with Crippen LogP contribution in [0.2, 0.25) is 5.02 Å². The number of anilines is 1. The molecule has 98 valence electrons. The lowest BCUT2D eigenvalue weighted by Crippen LogP contribution is -1.95. The van der Waals surface area contributed by atoms with Crippen molar-refractivity contribution in [3.8, 4) is 5.75 Å². The van der Waals surface area contributed by atoms with E-state index in [9.17, 15) is 0 Å². The number of nitrogens with two attached hydrogens (primary N) is 1. The lowest BCUT2D eigenvalue weighted by molar-refractivity contribution is 0.443. The number of hydrogen-bond donors (Lipinski definition) is 1. The van der Waals surface area contributed by atoms with E-state index < -0.39 is 0 Å². The summed E-state index contributed by atoms with van der Waals surface area (Å²) >= 11 is 13.4. The van der Waals surface area contributed by atoms with Gasteiger partial charge in [0.15, 0.2) is 5.13 Å². The third-order valence-electron chi connectivity index (χ3n) is 2.23. The molecule has 2 aromatic rings. The van der Waals surface area contributed by atoms with Crippen LogP contribution < -0.4 is 10.5 Å². The van der Waals surface area contributed by atoms with Gasteiger partial charge in [0.25, 0.3) is 0 Å². The van der Waals surface area contributed by atoms with E-state index in [2.05, 4.69) is 18.1 Å². The van der Waals surface area contributed by atoms with Crippen LogP contribution in [-0.4, -0.2) is 4.98 Å². The first-order valence-corrected chi connectivity index (χ1v) is 6.80. The zero-order valence-corrected chi connectivity index (χ0v) is 12.1. The van der Waals surface area contributed by atoms with Gasteiger partial charge >= 0.3 is 0 Å². The number of fused-ring (bicyclic) bond motifs is 1. The Balaban J connectivity index is 2.45. The summed E-state index contributed by atoms with van der Waals surface area (Å²) in [6.45, 7) is 7.20. The molecule has 0 saturated heterocycles. The molecule has 0 aliphatic carbocycles. The van der Waals surface area contributed by atoms with Gasteiger partial charge in [0, 0.05) is 0 Å². The van der Waals surface area contributed by atoms with Crippen LogP contribution in [0.3, 0.4) is 0 Å². The highest BCUT2D eigenvalue weighted by Crippen LogP contribution is 2.38. The molecule has 0 unspecified atom stereocenters. The third kappa shape index (κ3) is 2.92. The summed E-state index contributed by atoms with van der Waals surface area (Å²) < 4.78 is 6.40. The van der Waals surface area contributed by atoms with E-state index in [4.69, 9.17) is 33.7 Å². The van der Waals surface area contributed by atoms with Gasteiger partial charge in [-0.15, -0.1) is 0 Å². The molecule has 0 saturated carbocycles. The molecule has 0 atom stereocenters. The summed E-state index contributed by atoms with van der Waals surface area (Å²) in [5.74, 6) is 0.850. The van der Waals surface area contributed by atoms with Crippen LogP contribution in [0.5, 0.6) is 5.75 Å². The number of thiazole rings is 1. The molecule has 1 aromatic carbocycles. The normalized spacial score (nSPS) is 11.6. The lowest BCUT2D eigenvalue weighted by Gasteiger charge is -2.09. The fourth-order valence-corrected chi connectivity index (χ4v) is 2.62. The van der Waals surface area contributed by atoms with Gasteiger partial charge in [0.2, 0.25) is 0 Å². The van der Waals surface area contributed by atoms with Gasteiger partial charge < -0.3 is 10.5 Å². The minimum Gasteiger partial charge on any atom is -0.454 e. The first-order chi connectivity index (χ1) is 9.02. The van der Waals surface area contributed by atoms with Gasteiger partial charge in [0.1, 0.15) is 16.5 Å². The third-order valence-corrected chi connectivity index (χ3v) is 3.83. The maximum Gasteiger partial charge on any atom is 0.181 e. The predicted molar refractivity (Wildman–Crippen MR) is 82.9 cm³/mol. The van der Waals surface area contributed by atoms with E-state index in [1.54, 1.807) is 24.3 Å². The number of benzene rings is 1. The first kappa shape index (κ1) is 13.9. The molecule has 6 heteroatoms. The van der Waals surface area contributed by atoms with Crippen molar-refractivity contribution < 1.29 is 4.74 Å². The second-order valence-electron chi connectivity index (χ2n) is 3.55. The molecule has 0 aliphatic heterocycles. The van der Waals surface area contributed by atoms with Crippen molar-refractivity contribution in [3.63, 3.8) is 0 Å². The van der Waals surface area contributed by atoms with E-state index >= 15 is 0 Å². The van der Waals surface area contributed by atoms with Crippen LogP contribution in [0.15, 0.2) is 48.2 Å². The Morgan fingerprint density at radius 1 is 1.47 bits per heavy atom. The van der Waals surface area contributed by atoms with Gasteiger partial charge in [-0.1, -0.05) is 53.8 Å². The van der Waals surface area contributed by atoms with E-state index in [-0.39, 0.29) is 5.03 Å². The number of rotatable bonds is 4.